The fourth-order valence-electron chi connectivity index (χ4n) is 7.43. The van der Waals surface area contributed by atoms with Crippen LogP contribution < -0.4 is 4.74 Å². The molecule has 0 N–H and O–H groups in total. The molecular formula is C44H32N4OPt. The summed E-state index contributed by atoms with van der Waals surface area (Å²) in [6.07, 6.45) is 3.69. The van der Waals surface area contributed by atoms with E-state index >= 15 is 0 Å². The zero-order chi connectivity index (χ0) is 33.2. The summed E-state index contributed by atoms with van der Waals surface area (Å²) in [5.41, 5.74) is 12.2. The van der Waals surface area contributed by atoms with E-state index in [0.29, 0.717) is 11.5 Å². The molecule has 4 heterocycles. The van der Waals surface area contributed by atoms with Crippen LogP contribution in [0, 0.1) is 39.8 Å². The Morgan fingerprint density at radius 2 is 1.28 bits per heavy atom. The summed E-state index contributed by atoms with van der Waals surface area (Å²) < 4.78 is 11.0. The van der Waals surface area contributed by atoms with E-state index in [-0.39, 0.29) is 21.1 Å². The van der Waals surface area contributed by atoms with Gasteiger partial charge < -0.3 is 18.9 Å². The maximum atomic E-state index is 6.38. The van der Waals surface area contributed by atoms with Crippen LogP contribution in [0.25, 0.3) is 66.4 Å². The Morgan fingerprint density at radius 1 is 0.560 bits per heavy atom. The van der Waals surface area contributed by atoms with E-state index < -0.39 is 0 Å². The van der Waals surface area contributed by atoms with E-state index in [1.807, 2.05) is 48.7 Å². The first kappa shape index (κ1) is 31.7. The molecule has 0 saturated heterocycles. The summed E-state index contributed by atoms with van der Waals surface area (Å²) in [6.45, 7) is 8.77. The number of pyridine rings is 2. The summed E-state index contributed by atoms with van der Waals surface area (Å²) >= 11 is 0. The number of rotatable bonds is 5. The molecule has 0 aliphatic carbocycles. The van der Waals surface area contributed by atoms with Crippen molar-refractivity contribution in [3.8, 4) is 34.3 Å². The Balaban J connectivity index is 0.00000361. The monoisotopic (exact) mass is 827 g/mol. The van der Waals surface area contributed by atoms with E-state index in [4.69, 9.17) is 9.72 Å². The Labute approximate surface area is 305 Å². The first-order chi connectivity index (χ1) is 23.9. The fourth-order valence-corrected chi connectivity index (χ4v) is 7.43. The van der Waals surface area contributed by atoms with Crippen molar-refractivity contribution < 1.29 is 25.8 Å². The molecule has 0 spiro atoms. The van der Waals surface area contributed by atoms with Gasteiger partial charge in [-0.25, -0.2) is 4.98 Å². The van der Waals surface area contributed by atoms with Gasteiger partial charge in [-0.2, -0.15) is 6.07 Å². The van der Waals surface area contributed by atoms with Crippen LogP contribution in [0.3, 0.4) is 0 Å². The summed E-state index contributed by atoms with van der Waals surface area (Å²) in [7, 11) is 0. The molecule has 5 nitrogen and oxygen atoms in total. The Morgan fingerprint density at radius 3 is 2.02 bits per heavy atom. The van der Waals surface area contributed by atoms with Crippen molar-refractivity contribution in [1.82, 2.24) is 19.1 Å². The van der Waals surface area contributed by atoms with Gasteiger partial charge in [-0.1, -0.05) is 65.2 Å². The molecule has 0 radical (unpaired) electrons. The maximum Gasteiger partial charge on any atom is 2.00 e. The molecule has 0 bridgehead atoms. The van der Waals surface area contributed by atoms with Crippen LogP contribution in [0.1, 0.15) is 22.3 Å². The van der Waals surface area contributed by atoms with Gasteiger partial charge in [-0.15, -0.1) is 41.3 Å². The molecule has 9 aromatic rings. The van der Waals surface area contributed by atoms with Gasteiger partial charge in [0.05, 0.1) is 16.7 Å². The van der Waals surface area contributed by atoms with Crippen molar-refractivity contribution in [2.75, 3.05) is 0 Å². The topological polar surface area (TPSA) is 44.9 Å². The van der Waals surface area contributed by atoms with Crippen molar-refractivity contribution >= 4 is 43.6 Å². The van der Waals surface area contributed by atoms with Crippen molar-refractivity contribution in [2.24, 2.45) is 0 Å². The first-order valence-electron chi connectivity index (χ1n) is 16.5. The van der Waals surface area contributed by atoms with Crippen LogP contribution in [0.2, 0.25) is 0 Å². The van der Waals surface area contributed by atoms with Gasteiger partial charge in [0.1, 0.15) is 5.82 Å². The Hall–Kier alpha value is -5.51. The Kier molecular flexibility index (Phi) is 7.89. The summed E-state index contributed by atoms with van der Waals surface area (Å²) in [6, 6.07) is 44.7. The third-order valence-electron chi connectivity index (χ3n) is 9.33. The van der Waals surface area contributed by atoms with E-state index in [9.17, 15) is 0 Å². The average Bonchev–Trinajstić information content (AvgIpc) is 3.62. The normalized spacial score (nSPS) is 11.4. The number of aromatic nitrogens is 4. The molecule has 6 heteroatoms. The van der Waals surface area contributed by atoms with Gasteiger partial charge in [0.25, 0.3) is 0 Å². The molecular weight excluding hydrogens is 796 g/mol. The summed E-state index contributed by atoms with van der Waals surface area (Å²) in [5.74, 6) is 2.01. The third-order valence-corrected chi connectivity index (χ3v) is 9.33. The molecule has 50 heavy (non-hydrogen) atoms. The number of hydrogen-bond donors (Lipinski definition) is 0. The fraction of sp³-hybridized carbons (Fsp3) is 0.0909. The zero-order valence-electron chi connectivity index (χ0n) is 28.1. The van der Waals surface area contributed by atoms with E-state index in [0.717, 1.165) is 44.6 Å². The molecule has 0 unspecified atom stereocenters. The number of para-hydroxylation sites is 1. The molecule has 0 amide bonds. The molecule has 5 aromatic carbocycles. The van der Waals surface area contributed by atoms with Crippen molar-refractivity contribution in [2.45, 2.75) is 27.7 Å². The molecule has 9 rings (SSSR count). The number of ether oxygens (including phenoxy) is 1. The molecule has 0 aliphatic heterocycles. The van der Waals surface area contributed by atoms with Crippen molar-refractivity contribution in [3.05, 3.63) is 156 Å². The van der Waals surface area contributed by atoms with Gasteiger partial charge in [0.2, 0.25) is 0 Å². The number of hydrogen-bond acceptors (Lipinski definition) is 3. The quantitative estimate of drug-likeness (QED) is 0.162. The third kappa shape index (κ3) is 5.21. The van der Waals surface area contributed by atoms with Gasteiger partial charge in [-0.3, -0.25) is 0 Å². The van der Waals surface area contributed by atoms with Crippen molar-refractivity contribution in [1.29, 1.82) is 0 Å². The second kappa shape index (κ2) is 12.4. The zero-order valence-corrected chi connectivity index (χ0v) is 30.3. The first-order valence-corrected chi connectivity index (χ1v) is 16.5. The van der Waals surface area contributed by atoms with E-state index in [1.165, 1.54) is 44.1 Å². The second-order valence-electron chi connectivity index (χ2n) is 12.8. The summed E-state index contributed by atoms with van der Waals surface area (Å²) in [4.78, 5) is 9.44. The standard InChI is InChI=1S/C44H32N4O.Pt/c1-27-20-29(3)43-37(22-27)38-23-28(2)21-30(4)44(38)47(43)32-17-19-46-42(25-32)48-40-14-6-5-12-35(40)36-16-15-34(26-41(36)48)49-33-11-9-10-31(24-33)39-13-7-8-18-45-39;/h5-23,25H,1-4H3;/q-2;+2. The predicted molar refractivity (Wildman–Crippen MR) is 199 cm³/mol. The van der Waals surface area contributed by atoms with Crippen LogP contribution in [-0.4, -0.2) is 19.1 Å². The van der Waals surface area contributed by atoms with Crippen LogP contribution in [0.5, 0.6) is 11.5 Å². The van der Waals surface area contributed by atoms with E-state index in [2.05, 4.69) is 121 Å². The second-order valence-corrected chi connectivity index (χ2v) is 12.8. The average molecular weight is 828 g/mol. The van der Waals surface area contributed by atoms with Gasteiger partial charge >= 0.3 is 21.1 Å². The minimum atomic E-state index is 0. The van der Waals surface area contributed by atoms with Crippen LogP contribution in [0.15, 0.2) is 122 Å². The number of aryl methyl sites for hydroxylation is 4. The van der Waals surface area contributed by atoms with Crippen LogP contribution in [0.4, 0.5) is 0 Å². The summed E-state index contributed by atoms with van der Waals surface area (Å²) in [5, 5.41) is 4.75. The number of fused-ring (bicyclic) bond motifs is 6. The van der Waals surface area contributed by atoms with Crippen molar-refractivity contribution in [3.63, 3.8) is 0 Å². The molecule has 0 fully saturated rings. The van der Waals surface area contributed by atoms with E-state index in [1.54, 1.807) is 6.20 Å². The largest absolute Gasteiger partial charge is 2.00 e. The number of benzene rings is 5. The smallest absolute Gasteiger partial charge is 0.503 e. The maximum absolute atomic E-state index is 6.38. The molecule has 4 aromatic heterocycles. The molecule has 244 valence electrons. The van der Waals surface area contributed by atoms with Gasteiger partial charge in [0, 0.05) is 46.2 Å². The SMILES string of the molecule is Cc1cc(C)c2c(c1)c1cc(C)cc(C)c1n2-c1ccnc(-n2c3[c-]c(Oc4[c-]c(-c5ccccn5)ccc4)ccc3c3ccccc32)c1.[Pt+2]. The van der Waals surface area contributed by atoms with Gasteiger partial charge in [0.15, 0.2) is 0 Å². The van der Waals surface area contributed by atoms with Gasteiger partial charge in [-0.05, 0) is 80.2 Å². The Bertz CT molecular complexity index is 2680. The molecule has 0 atom stereocenters. The van der Waals surface area contributed by atoms with Crippen LogP contribution in [-0.2, 0) is 21.1 Å². The molecule has 0 aliphatic rings. The molecule has 0 saturated carbocycles. The minimum Gasteiger partial charge on any atom is -0.503 e. The minimum absolute atomic E-state index is 0. The predicted octanol–water partition coefficient (Wildman–Crippen LogP) is 11.0. The number of nitrogens with zero attached hydrogens (tertiary/aromatic N) is 4. The van der Waals surface area contributed by atoms with Crippen LogP contribution >= 0.6 is 0 Å².